The molecule has 1 rings (SSSR count). The second kappa shape index (κ2) is 7.97. The largest absolute Gasteiger partial charge is 0.397 e. The van der Waals surface area contributed by atoms with Crippen molar-refractivity contribution in [3.8, 4) is 0 Å². The van der Waals surface area contributed by atoms with Crippen molar-refractivity contribution in [2.75, 3.05) is 17.6 Å². The van der Waals surface area contributed by atoms with Crippen LogP contribution >= 0.6 is 0 Å². The van der Waals surface area contributed by atoms with E-state index in [1.54, 1.807) is 0 Å². The van der Waals surface area contributed by atoms with Gasteiger partial charge in [-0.2, -0.15) is 0 Å². The molecule has 0 saturated carbocycles. The first kappa shape index (κ1) is 15.7. The summed E-state index contributed by atoms with van der Waals surface area (Å²) in [6.45, 7) is 5.06. The van der Waals surface area contributed by atoms with E-state index in [9.17, 15) is 8.78 Å². The minimum absolute atomic E-state index is 0.0854. The van der Waals surface area contributed by atoms with Crippen LogP contribution in [-0.4, -0.2) is 6.54 Å². The highest BCUT2D eigenvalue weighted by Crippen LogP contribution is 2.24. The lowest BCUT2D eigenvalue weighted by Crippen LogP contribution is -2.07. The summed E-state index contributed by atoms with van der Waals surface area (Å²) < 4.78 is 26.5. The van der Waals surface area contributed by atoms with Gasteiger partial charge in [-0.25, -0.2) is 8.78 Å². The average Bonchev–Trinajstić information content (AvgIpc) is 2.36. The Hall–Kier alpha value is -1.32. The number of hydrogen-bond donors (Lipinski definition) is 2. The number of nitrogens with two attached hydrogens (primary N) is 1. The first-order valence-corrected chi connectivity index (χ1v) is 6.99. The summed E-state index contributed by atoms with van der Waals surface area (Å²) in [6.07, 6.45) is 5.69. The van der Waals surface area contributed by atoms with E-state index in [0.29, 0.717) is 6.54 Å². The monoisotopic (exact) mass is 270 g/mol. The first-order valence-electron chi connectivity index (χ1n) is 6.99. The molecule has 1 aromatic carbocycles. The molecule has 19 heavy (non-hydrogen) atoms. The van der Waals surface area contributed by atoms with E-state index in [0.717, 1.165) is 24.8 Å². The lowest BCUT2D eigenvalue weighted by molar-refractivity contribution is 0.510. The van der Waals surface area contributed by atoms with Gasteiger partial charge in [-0.3, -0.25) is 0 Å². The molecule has 0 radical (unpaired) electrons. The highest BCUT2D eigenvalue weighted by molar-refractivity contribution is 5.66. The first-order chi connectivity index (χ1) is 9.02. The van der Waals surface area contributed by atoms with Crippen LogP contribution in [0.15, 0.2) is 12.1 Å². The quantitative estimate of drug-likeness (QED) is 0.536. The van der Waals surface area contributed by atoms with Crippen LogP contribution in [0.25, 0.3) is 0 Å². The molecular weight excluding hydrogens is 246 g/mol. The fraction of sp³-hybridized carbons (Fsp3) is 0.600. The molecule has 0 heterocycles. The van der Waals surface area contributed by atoms with Crippen LogP contribution in [0, 0.1) is 17.6 Å². The van der Waals surface area contributed by atoms with Crippen molar-refractivity contribution in [3.63, 3.8) is 0 Å². The Morgan fingerprint density at radius 2 is 1.79 bits per heavy atom. The van der Waals surface area contributed by atoms with Crippen LogP contribution in [0.1, 0.15) is 46.0 Å². The summed E-state index contributed by atoms with van der Waals surface area (Å²) >= 11 is 0. The molecule has 0 saturated heterocycles. The normalized spacial score (nSPS) is 11.0. The van der Waals surface area contributed by atoms with E-state index in [1.165, 1.54) is 25.3 Å². The zero-order valence-electron chi connectivity index (χ0n) is 11.8. The van der Waals surface area contributed by atoms with Gasteiger partial charge in [0.05, 0.1) is 11.4 Å². The molecule has 0 bridgehead atoms. The summed E-state index contributed by atoms with van der Waals surface area (Å²) in [6, 6.07) is 2.42. The molecule has 0 amide bonds. The molecule has 0 aromatic heterocycles. The lowest BCUT2D eigenvalue weighted by Gasteiger charge is -2.11. The van der Waals surface area contributed by atoms with E-state index in [2.05, 4.69) is 19.2 Å². The third-order valence-corrected chi connectivity index (χ3v) is 3.14. The number of anilines is 2. The predicted molar refractivity (Wildman–Crippen MR) is 77.2 cm³/mol. The van der Waals surface area contributed by atoms with Crippen molar-refractivity contribution in [2.45, 2.75) is 46.0 Å². The fourth-order valence-electron chi connectivity index (χ4n) is 1.99. The standard InChI is InChI=1S/C15H24F2N2/c1-11(2)7-5-3-4-6-10-19-15-13(18)9-8-12(16)14(15)17/h8-9,11,19H,3-7,10,18H2,1-2H3. The molecule has 0 aliphatic rings. The molecule has 0 unspecified atom stereocenters. The number of hydrogen-bond acceptors (Lipinski definition) is 2. The summed E-state index contributed by atoms with van der Waals surface area (Å²) in [5.41, 5.74) is 5.95. The van der Waals surface area contributed by atoms with Crippen molar-refractivity contribution < 1.29 is 8.78 Å². The second-order valence-corrected chi connectivity index (χ2v) is 5.35. The number of unbranched alkanes of at least 4 members (excludes halogenated alkanes) is 3. The van der Waals surface area contributed by atoms with Gasteiger partial charge in [0.1, 0.15) is 0 Å². The van der Waals surface area contributed by atoms with E-state index < -0.39 is 11.6 Å². The van der Waals surface area contributed by atoms with Gasteiger partial charge in [-0.15, -0.1) is 0 Å². The molecule has 0 fully saturated rings. The van der Waals surface area contributed by atoms with Crippen LogP contribution in [0.3, 0.4) is 0 Å². The molecule has 4 heteroatoms. The average molecular weight is 270 g/mol. The number of nitrogens with one attached hydrogen (secondary N) is 1. The maximum atomic E-state index is 13.5. The van der Waals surface area contributed by atoms with Gasteiger partial charge in [0, 0.05) is 6.54 Å². The van der Waals surface area contributed by atoms with Gasteiger partial charge in [-0.1, -0.05) is 39.5 Å². The van der Waals surface area contributed by atoms with Crippen LogP contribution in [0.4, 0.5) is 20.2 Å². The third kappa shape index (κ3) is 5.45. The van der Waals surface area contributed by atoms with Gasteiger partial charge in [0.15, 0.2) is 11.6 Å². The van der Waals surface area contributed by atoms with Gasteiger partial charge < -0.3 is 11.1 Å². The van der Waals surface area contributed by atoms with E-state index in [1.807, 2.05) is 0 Å². The van der Waals surface area contributed by atoms with Gasteiger partial charge in [0.2, 0.25) is 0 Å². The maximum absolute atomic E-state index is 13.5. The fourth-order valence-corrected chi connectivity index (χ4v) is 1.99. The molecule has 0 atom stereocenters. The number of nitrogen functional groups attached to an aromatic ring is 1. The Morgan fingerprint density at radius 3 is 2.47 bits per heavy atom. The molecule has 2 nitrogen and oxygen atoms in total. The molecule has 108 valence electrons. The lowest BCUT2D eigenvalue weighted by atomic mass is 10.0. The summed E-state index contributed by atoms with van der Waals surface area (Å²) in [4.78, 5) is 0. The molecular formula is C15H24F2N2. The number of benzene rings is 1. The Kier molecular flexibility index (Phi) is 6.60. The van der Waals surface area contributed by atoms with E-state index in [-0.39, 0.29) is 11.4 Å². The summed E-state index contributed by atoms with van der Waals surface area (Å²) in [5.74, 6) is -1.01. The highest BCUT2D eigenvalue weighted by atomic mass is 19.2. The Balaban J connectivity index is 2.25. The third-order valence-electron chi connectivity index (χ3n) is 3.14. The predicted octanol–water partition coefficient (Wildman–Crippen LogP) is 4.57. The van der Waals surface area contributed by atoms with Crippen molar-refractivity contribution >= 4 is 11.4 Å². The molecule has 0 aliphatic carbocycles. The minimum atomic E-state index is -0.889. The van der Waals surface area contributed by atoms with Crippen LogP contribution in [0.5, 0.6) is 0 Å². The van der Waals surface area contributed by atoms with Gasteiger partial charge >= 0.3 is 0 Å². The molecule has 0 aliphatic heterocycles. The van der Waals surface area contributed by atoms with Crippen LogP contribution in [-0.2, 0) is 0 Å². The van der Waals surface area contributed by atoms with Crippen LogP contribution < -0.4 is 11.1 Å². The smallest absolute Gasteiger partial charge is 0.183 e. The van der Waals surface area contributed by atoms with E-state index >= 15 is 0 Å². The summed E-state index contributed by atoms with van der Waals surface area (Å²) in [5, 5.41) is 2.88. The van der Waals surface area contributed by atoms with Crippen molar-refractivity contribution in [1.82, 2.24) is 0 Å². The van der Waals surface area contributed by atoms with Gasteiger partial charge in [0.25, 0.3) is 0 Å². The maximum Gasteiger partial charge on any atom is 0.183 e. The van der Waals surface area contributed by atoms with Crippen molar-refractivity contribution in [3.05, 3.63) is 23.8 Å². The second-order valence-electron chi connectivity index (χ2n) is 5.35. The minimum Gasteiger partial charge on any atom is -0.397 e. The summed E-state index contributed by atoms with van der Waals surface area (Å²) in [7, 11) is 0. The SMILES string of the molecule is CC(C)CCCCCCNc1c(N)ccc(F)c1F. The van der Waals surface area contributed by atoms with Gasteiger partial charge in [-0.05, 0) is 24.5 Å². The number of rotatable bonds is 8. The topological polar surface area (TPSA) is 38.0 Å². The van der Waals surface area contributed by atoms with Crippen molar-refractivity contribution in [2.24, 2.45) is 5.92 Å². The molecule has 3 N–H and O–H groups in total. The highest BCUT2D eigenvalue weighted by Gasteiger charge is 2.10. The Labute approximate surface area is 114 Å². The van der Waals surface area contributed by atoms with Crippen molar-refractivity contribution in [1.29, 1.82) is 0 Å². The Morgan fingerprint density at radius 1 is 1.11 bits per heavy atom. The molecule has 0 spiro atoms. The number of halogens is 2. The zero-order chi connectivity index (χ0) is 14.3. The van der Waals surface area contributed by atoms with E-state index in [4.69, 9.17) is 5.73 Å². The zero-order valence-corrected chi connectivity index (χ0v) is 11.8. The Bertz CT molecular complexity index is 392. The van der Waals surface area contributed by atoms with Crippen LogP contribution in [0.2, 0.25) is 0 Å². The molecule has 1 aromatic rings.